The highest BCUT2D eigenvalue weighted by Crippen LogP contribution is 2.30. The summed E-state index contributed by atoms with van der Waals surface area (Å²) in [5.74, 6) is -0.621. The zero-order chi connectivity index (χ0) is 21.7. The molecule has 162 valence electrons. The lowest BCUT2D eigenvalue weighted by atomic mass is 9.91. The number of amides is 2. The lowest BCUT2D eigenvalue weighted by molar-refractivity contribution is -0.165. The molecule has 0 aliphatic heterocycles. The molecule has 0 aromatic heterocycles. The van der Waals surface area contributed by atoms with Gasteiger partial charge in [0, 0.05) is 12.5 Å². The summed E-state index contributed by atoms with van der Waals surface area (Å²) in [5, 5.41) is 2.98. The zero-order valence-electron chi connectivity index (χ0n) is 19.1. The molecule has 1 fully saturated rings. The number of carbonyl (C=O) groups is 3. The van der Waals surface area contributed by atoms with Crippen molar-refractivity contribution < 1.29 is 19.1 Å². The van der Waals surface area contributed by atoms with Gasteiger partial charge in [-0.3, -0.25) is 9.59 Å². The quantitative estimate of drug-likeness (QED) is 0.666. The van der Waals surface area contributed by atoms with Gasteiger partial charge >= 0.3 is 5.97 Å². The lowest BCUT2D eigenvalue weighted by Crippen LogP contribution is -2.56. The van der Waals surface area contributed by atoms with E-state index in [1.54, 1.807) is 7.05 Å². The van der Waals surface area contributed by atoms with Crippen LogP contribution in [0, 0.1) is 11.3 Å². The second-order valence-corrected chi connectivity index (χ2v) is 10.0. The largest absolute Gasteiger partial charge is 0.458 e. The number of nitrogens with one attached hydrogen (secondary N) is 1. The summed E-state index contributed by atoms with van der Waals surface area (Å²) in [6.07, 6.45) is 5.24. The van der Waals surface area contributed by atoms with E-state index in [-0.39, 0.29) is 17.7 Å². The SMILES string of the molecule is CCC[C@@H](C(=O)OC(C)(C)C)N(C)C(=O)[C@H](NC(=O)C(C)(C)C)C1CCCC1. The van der Waals surface area contributed by atoms with E-state index in [0.717, 1.165) is 32.1 Å². The van der Waals surface area contributed by atoms with Crippen LogP contribution >= 0.6 is 0 Å². The van der Waals surface area contributed by atoms with E-state index in [4.69, 9.17) is 4.74 Å². The van der Waals surface area contributed by atoms with Crippen molar-refractivity contribution in [1.29, 1.82) is 0 Å². The standard InChI is InChI=1S/C22H40N2O4/c1-9-12-16(19(26)28-22(5,6)7)24(8)18(25)17(15-13-10-11-14-15)23-20(27)21(2,3)4/h15-17H,9-14H2,1-8H3,(H,23,27)/t16-,17+/m0/s1. The smallest absolute Gasteiger partial charge is 0.329 e. The Kier molecular flexibility index (Phi) is 8.51. The molecule has 0 unspecified atom stereocenters. The third kappa shape index (κ3) is 7.10. The van der Waals surface area contributed by atoms with Gasteiger partial charge in [-0.2, -0.15) is 0 Å². The van der Waals surface area contributed by atoms with Crippen molar-refractivity contribution in [1.82, 2.24) is 10.2 Å². The highest BCUT2D eigenvalue weighted by Gasteiger charge is 2.39. The summed E-state index contributed by atoms with van der Waals surface area (Å²) in [4.78, 5) is 40.2. The Morgan fingerprint density at radius 1 is 1.07 bits per heavy atom. The number of likely N-dealkylation sites (N-methyl/N-ethyl adjacent to an activating group) is 1. The van der Waals surface area contributed by atoms with Crippen LogP contribution in [0.4, 0.5) is 0 Å². The lowest BCUT2D eigenvalue weighted by Gasteiger charge is -2.35. The van der Waals surface area contributed by atoms with Gasteiger partial charge in [-0.15, -0.1) is 0 Å². The van der Waals surface area contributed by atoms with E-state index in [1.165, 1.54) is 4.90 Å². The van der Waals surface area contributed by atoms with Crippen molar-refractivity contribution in [2.75, 3.05) is 7.05 Å². The van der Waals surface area contributed by atoms with Crippen LogP contribution in [-0.2, 0) is 19.1 Å². The maximum absolute atomic E-state index is 13.4. The van der Waals surface area contributed by atoms with Gasteiger partial charge in [0.05, 0.1) is 0 Å². The minimum Gasteiger partial charge on any atom is -0.458 e. The monoisotopic (exact) mass is 396 g/mol. The number of rotatable bonds is 7. The van der Waals surface area contributed by atoms with E-state index >= 15 is 0 Å². The van der Waals surface area contributed by atoms with Crippen LogP contribution in [0.25, 0.3) is 0 Å². The summed E-state index contributed by atoms with van der Waals surface area (Å²) in [6.45, 7) is 12.9. The normalized spacial score (nSPS) is 17.7. The summed E-state index contributed by atoms with van der Waals surface area (Å²) in [7, 11) is 1.65. The number of carbonyl (C=O) groups excluding carboxylic acids is 3. The average molecular weight is 397 g/mol. The molecule has 0 bridgehead atoms. The van der Waals surface area contributed by atoms with Crippen molar-refractivity contribution in [3.8, 4) is 0 Å². The first-order valence-corrected chi connectivity index (χ1v) is 10.6. The minimum atomic E-state index is -0.646. The van der Waals surface area contributed by atoms with E-state index in [1.807, 2.05) is 48.5 Å². The number of nitrogens with zero attached hydrogens (tertiary/aromatic N) is 1. The molecule has 1 aliphatic carbocycles. The zero-order valence-corrected chi connectivity index (χ0v) is 19.1. The fourth-order valence-corrected chi connectivity index (χ4v) is 3.52. The van der Waals surface area contributed by atoms with E-state index in [0.29, 0.717) is 6.42 Å². The minimum absolute atomic E-state index is 0.113. The molecule has 0 aromatic rings. The predicted octanol–water partition coefficient (Wildman–Crippen LogP) is 3.68. The molecular formula is C22H40N2O4. The van der Waals surface area contributed by atoms with Crippen molar-refractivity contribution in [2.45, 2.75) is 105 Å². The van der Waals surface area contributed by atoms with Gasteiger partial charge in [0.15, 0.2) is 0 Å². The highest BCUT2D eigenvalue weighted by atomic mass is 16.6. The average Bonchev–Trinajstić information content (AvgIpc) is 3.07. The molecule has 0 aromatic carbocycles. The molecule has 1 saturated carbocycles. The second-order valence-electron chi connectivity index (χ2n) is 10.0. The van der Waals surface area contributed by atoms with Gasteiger partial charge in [-0.05, 0) is 46.0 Å². The first-order chi connectivity index (χ1) is 12.8. The van der Waals surface area contributed by atoms with E-state index < -0.39 is 29.1 Å². The fourth-order valence-electron chi connectivity index (χ4n) is 3.52. The summed E-state index contributed by atoms with van der Waals surface area (Å²) in [5.41, 5.74) is -1.19. The third-order valence-corrected chi connectivity index (χ3v) is 5.16. The van der Waals surface area contributed by atoms with Crippen LogP contribution in [0.3, 0.4) is 0 Å². The maximum atomic E-state index is 13.4. The van der Waals surface area contributed by atoms with Crippen molar-refractivity contribution in [3.05, 3.63) is 0 Å². The molecule has 0 spiro atoms. The number of hydrogen-bond donors (Lipinski definition) is 1. The Hall–Kier alpha value is -1.59. The highest BCUT2D eigenvalue weighted by molar-refractivity contribution is 5.92. The van der Waals surface area contributed by atoms with Crippen LogP contribution in [0.1, 0.15) is 87.0 Å². The van der Waals surface area contributed by atoms with Crippen LogP contribution in [0.15, 0.2) is 0 Å². The van der Waals surface area contributed by atoms with Gasteiger partial charge < -0.3 is 15.0 Å². The van der Waals surface area contributed by atoms with Crippen LogP contribution in [-0.4, -0.2) is 47.4 Å². The van der Waals surface area contributed by atoms with Crippen LogP contribution in [0.5, 0.6) is 0 Å². The molecule has 1 rings (SSSR count). The Morgan fingerprint density at radius 3 is 2.04 bits per heavy atom. The first-order valence-electron chi connectivity index (χ1n) is 10.6. The summed E-state index contributed by atoms with van der Waals surface area (Å²) in [6, 6.07) is -1.24. The predicted molar refractivity (Wildman–Crippen MR) is 111 cm³/mol. The van der Waals surface area contributed by atoms with Gasteiger partial charge in [0.2, 0.25) is 11.8 Å². The second kappa shape index (κ2) is 9.75. The van der Waals surface area contributed by atoms with Crippen molar-refractivity contribution in [3.63, 3.8) is 0 Å². The molecule has 1 aliphatic rings. The van der Waals surface area contributed by atoms with Gasteiger partial charge in [-0.25, -0.2) is 4.79 Å². The molecule has 0 saturated heterocycles. The molecule has 2 atom stereocenters. The van der Waals surface area contributed by atoms with Gasteiger partial charge in [0.25, 0.3) is 0 Å². The topological polar surface area (TPSA) is 75.7 Å². The first kappa shape index (κ1) is 24.4. The van der Waals surface area contributed by atoms with Crippen molar-refractivity contribution >= 4 is 17.8 Å². The van der Waals surface area contributed by atoms with E-state index in [9.17, 15) is 14.4 Å². The summed E-state index contributed by atoms with van der Waals surface area (Å²) >= 11 is 0. The van der Waals surface area contributed by atoms with E-state index in [2.05, 4.69) is 5.32 Å². The van der Waals surface area contributed by atoms with Gasteiger partial charge in [-0.1, -0.05) is 47.0 Å². The third-order valence-electron chi connectivity index (χ3n) is 5.16. The molecule has 2 amide bonds. The molecule has 6 heteroatoms. The molecule has 0 radical (unpaired) electrons. The molecule has 1 N–H and O–H groups in total. The van der Waals surface area contributed by atoms with Crippen LogP contribution < -0.4 is 5.32 Å². The number of ether oxygens (including phenoxy) is 1. The number of hydrogen-bond acceptors (Lipinski definition) is 4. The Morgan fingerprint density at radius 2 is 1.61 bits per heavy atom. The maximum Gasteiger partial charge on any atom is 0.329 e. The fraction of sp³-hybridized carbons (Fsp3) is 0.864. The number of esters is 1. The Bertz CT molecular complexity index is 554. The molecule has 0 heterocycles. The van der Waals surface area contributed by atoms with Crippen LogP contribution in [0.2, 0.25) is 0 Å². The Balaban J connectivity index is 3.05. The Labute approximate surface area is 170 Å². The van der Waals surface area contributed by atoms with Gasteiger partial charge in [0.1, 0.15) is 17.7 Å². The summed E-state index contributed by atoms with van der Waals surface area (Å²) < 4.78 is 5.54. The molecule has 6 nitrogen and oxygen atoms in total. The molecular weight excluding hydrogens is 356 g/mol. The molecule has 28 heavy (non-hydrogen) atoms. The van der Waals surface area contributed by atoms with Crippen molar-refractivity contribution in [2.24, 2.45) is 11.3 Å².